The van der Waals surface area contributed by atoms with Crippen molar-refractivity contribution in [1.82, 2.24) is 29.9 Å². The molecule has 0 aromatic carbocycles. The minimum absolute atomic E-state index is 0.771. The Morgan fingerprint density at radius 1 is 1.12 bits per heavy atom. The fourth-order valence-electron chi connectivity index (χ4n) is 1.99. The van der Waals surface area contributed by atoms with Gasteiger partial charge in [-0.1, -0.05) is 0 Å². The van der Waals surface area contributed by atoms with Gasteiger partial charge in [0.25, 0.3) is 0 Å². The first-order valence-corrected chi connectivity index (χ1v) is 5.22. The van der Waals surface area contributed by atoms with Crippen molar-refractivity contribution in [3.8, 4) is 11.5 Å². The fraction of sp³-hybridized carbons (Fsp3) is 0. The highest BCUT2D eigenvalue weighted by Gasteiger charge is 2.10. The standard InChI is InChI=1S/C11H8N6/c1-2-13-10-6(1)9-7(4-14-10)16-11(17-9)8-3-12-5-15-8/h1-5H,(H,12,15)(H,13,14)(H,16,17). The van der Waals surface area contributed by atoms with Crippen molar-refractivity contribution in [3.05, 3.63) is 31.0 Å². The number of rotatable bonds is 1. The maximum Gasteiger partial charge on any atom is 0.156 e. The van der Waals surface area contributed by atoms with E-state index in [4.69, 9.17) is 0 Å². The predicted molar refractivity (Wildman–Crippen MR) is 63.3 cm³/mol. The first kappa shape index (κ1) is 8.51. The molecule has 0 spiro atoms. The summed E-state index contributed by atoms with van der Waals surface area (Å²) in [7, 11) is 0. The Balaban J connectivity index is 2.09. The molecule has 82 valence electrons. The van der Waals surface area contributed by atoms with E-state index in [0.29, 0.717) is 0 Å². The van der Waals surface area contributed by atoms with Crippen LogP contribution in [-0.4, -0.2) is 29.9 Å². The van der Waals surface area contributed by atoms with Crippen LogP contribution in [-0.2, 0) is 0 Å². The molecular formula is C11H8N6. The minimum Gasteiger partial charge on any atom is -0.346 e. The molecule has 0 amide bonds. The summed E-state index contributed by atoms with van der Waals surface area (Å²) in [5.41, 5.74) is 3.55. The molecule has 0 bridgehead atoms. The predicted octanol–water partition coefficient (Wildman–Crippen LogP) is 1.83. The maximum atomic E-state index is 4.57. The maximum absolute atomic E-state index is 4.57. The number of pyridine rings is 1. The van der Waals surface area contributed by atoms with E-state index < -0.39 is 0 Å². The van der Waals surface area contributed by atoms with Gasteiger partial charge in [0.15, 0.2) is 5.82 Å². The van der Waals surface area contributed by atoms with Crippen LogP contribution in [0.5, 0.6) is 0 Å². The van der Waals surface area contributed by atoms with Crippen LogP contribution in [0.2, 0.25) is 0 Å². The summed E-state index contributed by atoms with van der Waals surface area (Å²) >= 11 is 0. The Kier molecular flexibility index (Phi) is 1.47. The quantitative estimate of drug-likeness (QED) is 0.461. The Morgan fingerprint density at radius 3 is 3.00 bits per heavy atom. The van der Waals surface area contributed by atoms with Crippen LogP contribution >= 0.6 is 0 Å². The molecule has 0 radical (unpaired) electrons. The number of hydrogen-bond acceptors (Lipinski definition) is 3. The molecule has 0 saturated heterocycles. The summed E-state index contributed by atoms with van der Waals surface area (Å²) in [4.78, 5) is 22.2. The van der Waals surface area contributed by atoms with Crippen LogP contribution in [0.3, 0.4) is 0 Å². The lowest BCUT2D eigenvalue weighted by Gasteiger charge is -1.88. The third-order valence-electron chi connectivity index (χ3n) is 2.79. The number of fused-ring (bicyclic) bond motifs is 3. The zero-order chi connectivity index (χ0) is 11.2. The molecule has 0 aliphatic rings. The smallest absolute Gasteiger partial charge is 0.156 e. The molecule has 0 aliphatic heterocycles. The number of imidazole rings is 2. The van der Waals surface area contributed by atoms with Gasteiger partial charge in [0.05, 0.1) is 24.2 Å². The largest absolute Gasteiger partial charge is 0.346 e. The molecule has 6 heteroatoms. The Hall–Kier alpha value is -2.63. The molecule has 4 heterocycles. The molecule has 4 aromatic heterocycles. The van der Waals surface area contributed by atoms with Gasteiger partial charge in [0.2, 0.25) is 0 Å². The van der Waals surface area contributed by atoms with E-state index in [0.717, 1.165) is 33.6 Å². The topological polar surface area (TPSA) is 86.0 Å². The van der Waals surface area contributed by atoms with E-state index in [9.17, 15) is 0 Å². The Morgan fingerprint density at radius 2 is 2.12 bits per heavy atom. The van der Waals surface area contributed by atoms with E-state index >= 15 is 0 Å². The van der Waals surface area contributed by atoms with Crippen LogP contribution in [0, 0.1) is 0 Å². The van der Waals surface area contributed by atoms with Crippen molar-refractivity contribution in [2.24, 2.45) is 0 Å². The van der Waals surface area contributed by atoms with Gasteiger partial charge in [-0.3, -0.25) is 0 Å². The summed E-state index contributed by atoms with van der Waals surface area (Å²) < 4.78 is 0. The number of hydrogen-bond donors (Lipinski definition) is 3. The summed E-state index contributed by atoms with van der Waals surface area (Å²) in [5.74, 6) is 0.771. The monoisotopic (exact) mass is 224 g/mol. The van der Waals surface area contributed by atoms with Gasteiger partial charge in [-0.25, -0.2) is 15.0 Å². The van der Waals surface area contributed by atoms with Crippen molar-refractivity contribution >= 4 is 22.1 Å². The van der Waals surface area contributed by atoms with Crippen molar-refractivity contribution in [2.75, 3.05) is 0 Å². The second-order valence-electron chi connectivity index (χ2n) is 3.81. The molecule has 0 unspecified atom stereocenters. The Bertz CT molecular complexity index is 792. The molecule has 4 rings (SSSR count). The molecule has 6 nitrogen and oxygen atoms in total. The van der Waals surface area contributed by atoms with E-state index in [1.807, 2.05) is 12.3 Å². The van der Waals surface area contributed by atoms with Crippen LogP contribution in [0.25, 0.3) is 33.6 Å². The lowest BCUT2D eigenvalue weighted by Crippen LogP contribution is -1.78. The summed E-state index contributed by atoms with van der Waals surface area (Å²) in [6.45, 7) is 0. The summed E-state index contributed by atoms with van der Waals surface area (Å²) in [5, 5.41) is 1.02. The first-order chi connectivity index (χ1) is 8.42. The SMILES string of the molecule is c1ncc(-c2nc3c(cnc4[nH]ccc43)[nH]2)[nH]1. The highest BCUT2D eigenvalue weighted by Crippen LogP contribution is 2.23. The number of aromatic amines is 3. The molecule has 0 saturated carbocycles. The van der Waals surface area contributed by atoms with Crippen molar-refractivity contribution in [3.63, 3.8) is 0 Å². The first-order valence-electron chi connectivity index (χ1n) is 5.22. The Labute approximate surface area is 95.1 Å². The number of nitrogens with zero attached hydrogens (tertiary/aromatic N) is 3. The minimum atomic E-state index is 0.771. The van der Waals surface area contributed by atoms with Crippen molar-refractivity contribution in [1.29, 1.82) is 0 Å². The molecular weight excluding hydrogens is 216 g/mol. The lowest BCUT2D eigenvalue weighted by atomic mass is 10.3. The fourth-order valence-corrected chi connectivity index (χ4v) is 1.99. The number of nitrogens with one attached hydrogen (secondary N) is 3. The average molecular weight is 224 g/mol. The molecule has 3 N–H and O–H groups in total. The highest BCUT2D eigenvalue weighted by atomic mass is 15.0. The summed E-state index contributed by atoms with van der Waals surface area (Å²) in [6.07, 6.45) is 7.01. The van der Waals surface area contributed by atoms with E-state index in [-0.39, 0.29) is 0 Å². The zero-order valence-corrected chi connectivity index (χ0v) is 8.73. The molecule has 17 heavy (non-hydrogen) atoms. The van der Waals surface area contributed by atoms with Crippen LogP contribution in [0.1, 0.15) is 0 Å². The lowest BCUT2D eigenvalue weighted by molar-refractivity contribution is 1.26. The van der Waals surface area contributed by atoms with Crippen LogP contribution < -0.4 is 0 Å². The number of H-pyrrole nitrogens is 3. The van der Waals surface area contributed by atoms with Gasteiger partial charge in [0.1, 0.15) is 16.9 Å². The summed E-state index contributed by atoms with van der Waals surface area (Å²) in [6, 6.07) is 1.97. The van der Waals surface area contributed by atoms with Gasteiger partial charge in [0, 0.05) is 11.6 Å². The van der Waals surface area contributed by atoms with Crippen molar-refractivity contribution < 1.29 is 0 Å². The van der Waals surface area contributed by atoms with E-state index in [1.165, 1.54) is 0 Å². The molecule has 4 aromatic rings. The third kappa shape index (κ3) is 1.12. The van der Waals surface area contributed by atoms with Gasteiger partial charge < -0.3 is 15.0 Å². The van der Waals surface area contributed by atoms with Gasteiger partial charge in [-0.2, -0.15) is 0 Å². The van der Waals surface area contributed by atoms with Crippen LogP contribution in [0.4, 0.5) is 0 Å². The van der Waals surface area contributed by atoms with E-state index in [2.05, 4.69) is 29.9 Å². The third-order valence-corrected chi connectivity index (χ3v) is 2.79. The second kappa shape index (κ2) is 2.94. The van der Waals surface area contributed by atoms with Gasteiger partial charge in [-0.15, -0.1) is 0 Å². The molecule has 0 aliphatic carbocycles. The van der Waals surface area contributed by atoms with Gasteiger partial charge in [-0.05, 0) is 6.07 Å². The second-order valence-corrected chi connectivity index (χ2v) is 3.81. The van der Waals surface area contributed by atoms with E-state index in [1.54, 1.807) is 18.7 Å². The molecule has 0 fully saturated rings. The normalized spacial score (nSPS) is 11.5. The van der Waals surface area contributed by atoms with Gasteiger partial charge >= 0.3 is 0 Å². The van der Waals surface area contributed by atoms with Crippen LogP contribution in [0.15, 0.2) is 31.0 Å². The van der Waals surface area contributed by atoms with Crippen molar-refractivity contribution in [2.45, 2.75) is 0 Å². The molecule has 0 atom stereocenters. The zero-order valence-electron chi connectivity index (χ0n) is 8.73. The number of aromatic nitrogens is 6. The average Bonchev–Trinajstić information content (AvgIpc) is 3.08. The highest BCUT2D eigenvalue weighted by molar-refractivity contribution is 6.01.